The van der Waals surface area contributed by atoms with Gasteiger partial charge in [0.25, 0.3) is 0 Å². The van der Waals surface area contributed by atoms with Gasteiger partial charge in [-0.05, 0) is 30.5 Å². The zero-order valence-electron chi connectivity index (χ0n) is 10.2. The topological polar surface area (TPSA) is 38.0 Å². The van der Waals surface area contributed by atoms with Crippen LogP contribution in [0.2, 0.25) is 5.02 Å². The summed E-state index contributed by atoms with van der Waals surface area (Å²) >= 11 is 5.91. The molecule has 0 bridgehead atoms. The van der Waals surface area contributed by atoms with Crippen LogP contribution in [-0.2, 0) is 6.54 Å². The molecule has 2 nitrogen and oxygen atoms in total. The minimum Gasteiger partial charge on any atom is -0.398 e. The van der Waals surface area contributed by atoms with Crippen molar-refractivity contribution in [3.8, 4) is 0 Å². The number of nitrogen functional groups attached to an aromatic ring is 1. The SMILES string of the molecule is Nc1cc(CNC2CCCCCC2)ccc1Cl. The van der Waals surface area contributed by atoms with Gasteiger partial charge in [-0.15, -0.1) is 0 Å². The van der Waals surface area contributed by atoms with E-state index in [9.17, 15) is 0 Å². The molecule has 0 spiro atoms. The molecule has 0 saturated heterocycles. The molecule has 94 valence electrons. The summed E-state index contributed by atoms with van der Waals surface area (Å²) in [6.07, 6.45) is 8.13. The first-order chi connectivity index (χ1) is 8.25. The monoisotopic (exact) mass is 252 g/mol. The fraction of sp³-hybridized carbons (Fsp3) is 0.571. The normalized spacial score (nSPS) is 17.9. The van der Waals surface area contributed by atoms with Crippen LogP contribution in [0.4, 0.5) is 5.69 Å². The molecule has 0 atom stereocenters. The molecule has 0 heterocycles. The molecule has 2 rings (SSSR count). The van der Waals surface area contributed by atoms with Crippen molar-refractivity contribution >= 4 is 17.3 Å². The summed E-state index contributed by atoms with van der Waals surface area (Å²) in [6, 6.07) is 6.56. The van der Waals surface area contributed by atoms with E-state index in [0.717, 1.165) is 6.54 Å². The standard InChI is InChI=1S/C14H21ClN2/c15-13-8-7-11(9-14(13)16)10-17-12-5-3-1-2-4-6-12/h7-9,12,17H,1-6,10,16H2. The maximum atomic E-state index is 5.91. The summed E-state index contributed by atoms with van der Waals surface area (Å²) < 4.78 is 0. The highest BCUT2D eigenvalue weighted by Gasteiger charge is 2.11. The summed E-state index contributed by atoms with van der Waals surface area (Å²) in [5.41, 5.74) is 7.69. The summed E-state index contributed by atoms with van der Waals surface area (Å²) in [6.45, 7) is 0.895. The Balaban J connectivity index is 1.85. The van der Waals surface area contributed by atoms with Crippen LogP contribution in [0.1, 0.15) is 44.1 Å². The molecule has 1 aromatic carbocycles. The van der Waals surface area contributed by atoms with Gasteiger partial charge in [0.15, 0.2) is 0 Å². The van der Waals surface area contributed by atoms with Crippen molar-refractivity contribution in [2.45, 2.75) is 51.1 Å². The fourth-order valence-corrected chi connectivity index (χ4v) is 2.57. The Kier molecular flexibility index (Phi) is 4.69. The number of hydrogen-bond acceptors (Lipinski definition) is 2. The molecule has 0 aromatic heterocycles. The smallest absolute Gasteiger partial charge is 0.0635 e. The lowest BCUT2D eigenvalue weighted by Crippen LogP contribution is -2.27. The van der Waals surface area contributed by atoms with Crippen LogP contribution in [0.3, 0.4) is 0 Å². The maximum Gasteiger partial charge on any atom is 0.0635 e. The van der Waals surface area contributed by atoms with Crippen LogP contribution in [0.25, 0.3) is 0 Å². The van der Waals surface area contributed by atoms with Crippen molar-refractivity contribution in [2.24, 2.45) is 0 Å². The predicted octanol–water partition coefficient (Wildman–Crippen LogP) is 3.73. The van der Waals surface area contributed by atoms with E-state index in [1.54, 1.807) is 0 Å². The molecule has 0 amide bonds. The van der Waals surface area contributed by atoms with Gasteiger partial charge in [-0.25, -0.2) is 0 Å². The van der Waals surface area contributed by atoms with Crippen molar-refractivity contribution in [3.63, 3.8) is 0 Å². The van der Waals surface area contributed by atoms with Gasteiger partial charge in [0.05, 0.1) is 10.7 Å². The number of rotatable bonds is 3. The zero-order chi connectivity index (χ0) is 12.1. The highest BCUT2D eigenvalue weighted by atomic mass is 35.5. The lowest BCUT2D eigenvalue weighted by atomic mass is 10.1. The molecule has 0 unspecified atom stereocenters. The number of nitrogens with two attached hydrogens (primary N) is 1. The number of hydrogen-bond donors (Lipinski definition) is 2. The van der Waals surface area contributed by atoms with E-state index < -0.39 is 0 Å². The van der Waals surface area contributed by atoms with Crippen LogP contribution >= 0.6 is 11.6 Å². The van der Waals surface area contributed by atoms with Gasteiger partial charge < -0.3 is 11.1 Å². The third kappa shape index (κ3) is 3.90. The molecule has 1 aliphatic rings. The van der Waals surface area contributed by atoms with Gasteiger partial charge in [-0.1, -0.05) is 43.4 Å². The average Bonchev–Trinajstić information content (AvgIpc) is 2.59. The molecular formula is C14H21ClN2. The first-order valence-corrected chi connectivity index (χ1v) is 6.91. The molecule has 0 radical (unpaired) electrons. The zero-order valence-corrected chi connectivity index (χ0v) is 11.0. The second-order valence-corrected chi connectivity index (χ2v) is 5.33. The van der Waals surface area contributed by atoms with Crippen LogP contribution in [0, 0.1) is 0 Å². The van der Waals surface area contributed by atoms with Crippen molar-refractivity contribution in [2.75, 3.05) is 5.73 Å². The van der Waals surface area contributed by atoms with E-state index in [1.165, 1.54) is 44.1 Å². The Labute approximate surface area is 109 Å². The fourth-order valence-electron chi connectivity index (χ4n) is 2.45. The van der Waals surface area contributed by atoms with Crippen molar-refractivity contribution in [1.29, 1.82) is 0 Å². The second kappa shape index (κ2) is 6.27. The molecular weight excluding hydrogens is 232 g/mol. The summed E-state index contributed by atoms with van der Waals surface area (Å²) in [5.74, 6) is 0. The Bertz CT molecular complexity index is 357. The van der Waals surface area contributed by atoms with E-state index in [4.69, 9.17) is 17.3 Å². The predicted molar refractivity (Wildman–Crippen MR) is 74.2 cm³/mol. The molecule has 17 heavy (non-hydrogen) atoms. The number of benzene rings is 1. The molecule has 3 heteroatoms. The largest absolute Gasteiger partial charge is 0.398 e. The molecule has 1 fully saturated rings. The average molecular weight is 253 g/mol. The quantitative estimate of drug-likeness (QED) is 0.635. The highest BCUT2D eigenvalue weighted by molar-refractivity contribution is 6.33. The summed E-state index contributed by atoms with van der Waals surface area (Å²) in [5, 5.41) is 4.27. The minimum atomic E-state index is 0.642. The maximum absolute atomic E-state index is 5.91. The first kappa shape index (κ1) is 12.7. The second-order valence-electron chi connectivity index (χ2n) is 4.93. The van der Waals surface area contributed by atoms with E-state index in [2.05, 4.69) is 5.32 Å². The van der Waals surface area contributed by atoms with Gasteiger partial charge in [-0.2, -0.15) is 0 Å². The third-order valence-corrected chi connectivity index (χ3v) is 3.85. The molecule has 0 aliphatic heterocycles. The summed E-state index contributed by atoms with van der Waals surface area (Å²) in [7, 11) is 0. The summed E-state index contributed by atoms with van der Waals surface area (Å²) in [4.78, 5) is 0. The van der Waals surface area contributed by atoms with Crippen molar-refractivity contribution in [1.82, 2.24) is 5.32 Å². The lowest BCUT2D eigenvalue weighted by Gasteiger charge is -2.16. The Morgan fingerprint density at radius 3 is 2.53 bits per heavy atom. The number of anilines is 1. The molecule has 1 aromatic rings. The van der Waals surface area contributed by atoms with Gasteiger partial charge in [0.2, 0.25) is 0 Å². The van der Waals surface area contributed by atoms with Gasteiger partial charge in [-0.3, -0.25) is 0 Å². The lowest BCUT2D eigenvalue weighted by molar-refractivity contribution is 0.459. The molecule has 1 saturated carbocycles. The first-order valence-electron chi connectivity index (χ1n) is 6.53. The van der Waals surface area contributed by atoms with E-state index in [0.29, 0.717) is 16.8 Å². The highest BCUT2D eigenvalue weighted by Crippen LogP contribution is 2.21. The van der Waals surface area contributed by atoms with Crippen molar-refractivity contribution in [3.05, 3.63) is 28.8 Å². The molecule has 1 aliphatic carbocycles. The minimum absolute atomic E-state index is 0.642. The van der Waals surface area contributed by atoms with Crippen LogP contribution in [0.5, 0.6) is 0 Å². The van der Waals surface area contributed by atoms with Crippen LogP contribution in [-0.4, -0.2) is 6.04 Å². The number of halogens is 1. The van der Waals surface area contributed by atoms with Gasteiger partial charge in [0, 0.05) is 12.6 Å². The number of nitrogens with one attached hydrogen (secondary N) is 1. The van der Waals surface area contributed by atoms with Gasteiger partial charge in [0.1, 0.15) is 0 Å². The van der Waals surface area contributed by atoms with Gasteiger partial charge >= 0.3 is 0 Å². The van der Waals surface area contributed by atoms with E-state index in [-0.39, 0.29) is 0 Å². The van der Waals surface area contributed by atoms with E-state index in [1.807, 2.05) is 18.2 Å². The Morgan fingerprint density at radius 2 is 1.88 bits per heavy atom. The Hall–Kier alpha value is -0.730. The third-order valence-electron chi connectivity index (χ3n) is 3.51. The van der Waals surface area contributed by atoms with Crippen LogP contribution in [0.15, 0.2) is 18.2 Å². The molecule has 3 N–H and O–H groups in total. The van der Waals surface area contributed by atoms with E-state index >= 15 is 0 Å². The Morgan fingerprint density at radius 1 is 1.18 bits per heavy atom. The van der Waals surface area contributed by atoms with Crippen molar-refractivity contribution < 1.29 is 0 Å². The van der Waals surface area contributed by atoms with Crippen LogP contribution < -0.4 is 11.1 Å².